The second-order valence-corrected chi connectivity index (χ2v) is 8.34. The second kappa shape index (κ2) is 14.0. The molecule has 0 spiro atoms. The van der Waals surface area contributed by atoms with E-state index in [-0.39, 0.29) is 6.42 Å². The summed E-state index contributed by atoms with van der Waals surface area (Å²) in [6.07, 6.45) is -12.0. The molecule has 1 heterocycles. The highest BCUT2D eigenvalue weighted by molar-refractivity contribution is 5.67. The molecule has 2 aliphatic rings. The first-order valence-electron chi connectivity index (χ1n) is 11.2. The van der Waals surface area contributed by atoms with Gasteiger partial charge in [0.05, 0.1) is 18.6 Å². The molecule has 1 saturated heterocycles. The molecule has 0 unspecified atom stereocenters. The van der Waals surface area contributed by atoms with Crippen LogP contribution in [-0.2, 0) is 38.1 Å². The molecule has 0 aromatic carbocycles. The number of hydrogen-bond donors (Lipinski definition) is 0. The molecular formula is C18H22F2N12O8. The van der Waals surface area contributed by atoms with Crippen LogP contribution in [0.15, 0.2) is 20.5 Å². The maximum Gasteiger partial charge on any atom is 0.310 e. The van der Waals surface area contributed by atoms with Crippen LogP contribution in [-0.4, -0.2) is 85.3 Å². The maximum absolute atomic E-state index is 15.3. The summed E-state index contributed by atoms with van der Waals surface area (Å²) in [5.74, 6) is -7.12. The number of azide groups is 4. The van der Waals surface area contributed by atoms with Crippen molar-refractivity contribution >= 4 is 17.9 Å². The molecule has 40 heavy (non-hydrogen) atoms. The summed E-state index contributed by atoms with van der Waals surface area (Å²) < 4.78 is 56.9. The summed E-state index contributed by atoms with van der Waals surface area (Å²) in [5, 5.41) is 13.4. The molecule has 216 valence electrons. The number of halogens is 2. The fourth-order valence-electron chi connectivity index (χ4n) is 4.26. The van der Waals surface area contributed by atoms with E-state index >= 15 is 8.78 Å². The molecule has 22 heteroatoms. The summed E-state index contributed by atoms with van der Waals surface area (Å²) in [5.41, 5.74) is 35.8. The first-order valence-corrected chi connectivity index (χ1v) is 11.2. The van der Waals surface area contributed by atoms with Gasteiger partial charge in [0.1, 0.15) is 24.4 Å². The topological polar surface area (TPSA) is 292 Å². The lowest BCUT2D eigenvalue weighted by Gasteiger charge is -2.47. The Balaban J connectivity index is 2.67. The van der Waals surface area contributed by atoms with Crippen molar-refractivity contribution in [3.05, 3.63) is 41.8 Å². The van der Waals surface area contributed by atoms with Crippen LogP contribution in [0.3, 0.4) is 0 Å². The van der Waals surface area contributed by atoms with E-state index in [0.29, 0.717) is 0 Å². The first-order chi connectivity index (χ1) is 18.9. The lowest BCUT2D eigenvalue weighted by atomic mass is 9.83. The van der Waals surface area contributed by atoms with E-state index in [0.717, 1.165) is 20.8 Å². The van der Waals surface area contributed by atoms with E-state index in [1.54, 1.807) is 0 Å². The molecule has 0 radical (unpaired) electrons. The minimum absolute atomic E-state index is 0.348. The molecular weight excluding hydrogens is 550 g/mol. The largest absolute Gasteiger partial charge is 0.458 e. The van der Waals surface area contributed by atoms with Crippen molar-refractivity contribution in [3.63, 3.8) is 0 Å². The van der Waals surface area contributed by atoms with Gasteiger partial charge in [-0.3, -0.25) is 14.4 Å². The molecule has 9 atom stereocenters. The van der Waals surface area contributed by atoms with Gasteiger partial charge in [-0.2, -0.15) is 8.78 Å². The highest BCUT2D eigenvalue weighted by Crippen LogP contribution is 2.41. The third-order valence-electron chi connectivity index (χ3n) is 5.67. The molecule has 1 aliphatic carbocycles. The summed E-state index contributed by atoms with van der Waals surface area (Å²) >= 11 is 0. The van der Waals surface area contributed by atoms with Gasteiger partial charge in [0.15, 0.2) is 18.5 Å². The van der Waals surface area contributed by atoms with Gasteiger partial charge in [-0.25, -0.2) is 0 Å². The Morgan fingerprint density at radius 1 is 0.825 bits per heavy atom. The van der Waals surface area contributed by atoms with Crippen molar-refractivity contribution in [2.24, 2.45) is 20.5 Å². The van der Waals surface area contributed by atoms with Crippen molar-refractivity contribution in [2.45, 2.75) is 88.0 Å². The van der Waals surface area contributed by atoms with Gasteiger partial charge in [-0.1, -0.05) is 20.5 Å². The second-order valence-electron chi connectivity index (χ2n) is 8.34. The number of carbonyl (C=O) groups is 3. The van der Waals surface area contributed by atoms with Crippen molar-refractivity contribution in [3.8, 4) is 0 Å². The number of alkyl halides is 2. The van der Waals surface area contributed by atoms with Gasteiger partial charge in [-0.05, 0) is 28.5 Å². The van der Waals surface area contributed by atoms with Gasteiger partial charge in [0.25, 0.3) is 0 Å². The first kappa shape index (κ1) is 31.6. The Morgan fingerprint density at radius 3 is 1.85 bits per heavy atom. The van der Waals surface area contributed by atoms with Gasteiger partial charge >= 0.3 is 23.8 Å². The van der Waals surface area contributed by atoms with Gasteiger partial charge in [0.2, 0.25) is 0 Å². The number of carbonyl (C=O) groups excluding carboxylic acids is 3. The summed E-state index contributed by atoms with van der Waals surface area (Å²) in [4.78, 5) is 45.7. The van der Waals surface area contributed by atoms with Crippen LogP contribution < -0.4 is 0 Å². The Labute approximate surface area is 222 Å². The fraction of sp³-hybridized carbons (Fsp3) is 0.833. The lowest BCUT2D eigenvalue weighted by molar-refractivity contribution is -0.326. The van der Waals surface area contributed by atoms with Crippen LogP contribution in [0, 0.1) is 0 Å². The Morgan fingerprint density at radius 2 is 1.35 bits per heavy atom. The van der Waals surface area contributed by atoms with Crippen molar-refractivity contribution < 1.29 is 46.8 Å². The fourth-order valence-corrected chi connectivity index (χ4v) is 4.26. The Bertz CT molecular complexity index is 1180. The third-order valence-corrected chi connectivity index (χ3v) is 5.67. The predicted octanol–water partition coefficient (Wildman–Crippen LogP) is 3.28. The van der Waals surface area contributed by atoms with E-state index in [1.807, 2.05) is 0 Å². The van der Waals surface area contributed by atoms with E-state index in [2.05, 4.69) is 40.1 Å². The lowest BCUT2D eigenvalue weighted by Crippen LogP contribution is -2.66. The number of esters is 3. The predicted molar refractivity (Wildman–Crippen MR) is 123 cm³/mol. The molecule has 1 aliphatic heterocycles. The average molecular weight is 572 g/mol. The molecule has 0 bridgehead atoms. The molecule has 0 aromatic rings. The Kier molecular flexibility index (Phi) is 11.1. The number of nitrogens with zero attached hydrogens (tertiary/aromatic N) is 12. The van der Waals surface area contributed by atoms with Crippen molar-refractivity contribution in [2.75, 3.05) is 6.54 Å². The third kappa shape index (κ3) is 7.51. The van der Waals surface area contributed by atoms with Gasteiger partial charge in [0, 0.05) is 40.4 Å². The van der Waals surface area contributed by atoms with Crippen LogP contribution in [0.25, 0.3) is 41.8 Å². The summed E-state index contributed by atoms with van der Waals surface area (Å²) in [7, 11) is 0. The maximum atomic E-state index is 15.3. The zero-order valence-corrected chi connectivity index (χ0v) is 21.0. The monoisotopic (exact) mass is 572 g/mol. The molecule has 20 nitrogen and oxygen atoms in total. The van der Waals surface area contributed by atoms with Crippen LogP contribution in [0.5, 0.6) is 0 Å². The van der Waals surface area contributed by atoms with Crippen LogP contribution in [0.2, 0.25) is 0 Å². The normalized spacial score (nSPS) is 32.4. The molecule has 2 rings (SSSR count). The van der Waals surface area contributed by atoms with E-state index < -0.39 is 85.3 Å². The number of hydrogen-bond acceptors (Lipinski definition) is 12. The molecule has 1 saturated carbocycles. The van der Waals surface area contributed by atoms with E-state index in [4.69, 9.17) is 45.8 Å². The van der Waals surface area contributed by atoms with Crippen molar-refractivity contribution in [1.82, 2.24) is 0 Å². The SMILES string of the molecule is CC(=O)O[C@@H]1[C@@H](OC(C)=O)[C@H](N=[N+]=[N-])C[C@H](N=[N+]=[N-])[C@H]1O[C@H]1O[C@H](CN=[N+]=[N-])C(F)(F)[C@H](OC(C)=O)[C@H]1N=[N+]=[N-]. The minimum Gasteiger partial charge on any atom is -0.458 e. The molecule has 0 N–H and O–H groups in total. The average Bonchev–Trinajstić information content (AvgIpc) is 2.85. The minimum atomic E-state index is -4.07. The van der Waals surface area contributed by atoms with Gasteiger partial charge < -0.3 is 23.7 Å². The standard InChI is InChI=1S/C18H22F2N12O8/c1-6(33)36-13-9(26-30-22)4-10(27-31-23)14(15(13)37-7(2)34)40-17-12(28-32-24)16(38-8(3)35)18(19,20)11(39-17)5-25-29-21/h9-17H,4-5H2,1-3H3/t9-,10+,11-,12-,13+,14-,15-,16-,17-/m1/s1. The summed E-state index contributed by atoms with van der Waals surface area (Å²) in [6, 6.07) is -4.69. The summed E-state index contributed by atoms with van der Waals surface area (Å²) in [6.45, 7) is 1.79. The van der Waals surface area contributed by atoms with Crippen LogP contribution >= 0.6 is 0 Å². The van der Waals surface area contributed by atoms with E-state index in [1.165, 1.54) is 0 Å². The zero-order valence-electron chi connectivity index (χ0n) is 21.0. The van der Waals surface area contributed by atoms with Gasteiger partial charge in [-0.15, -0.1) is 0 Å². The van der Waals surface area contributed by atoms with Crippen LogP contribution in [0.1, 0.15) is 27.2 Å². The Hall–Kier alpha value is -4.57. The van der Waals surface area contributed by atoms with Crippen LogP contribution in [0.4, 0.5) is 8.78 Å². The smallest absolute Gasteiger partial charge is 0.310 e. The molecule has 0 aromatic heterocycles. The number of ether oxygens (including phenoxy) is 5. The zero-order chi connectivity index (χ0) is 30.0. The highest BCUT2D eigenvalue weighted by atomic mass is 19.3. The number of rotatable bonds is 10. The van der Waals surface area contributed by atoms with E-state index in [9.17, 15) is 14.4 Å². The molecule has 2 fully saturated rings. The quantitative estimate of drug-likeness (QED) is 0.123. The van der Waals surface area contributed by atoms with Crippen molar-refractivity contribution in [1.29, 1.82) is 0 Å². The molecule has 0 amide bonds. The highest BCUT2D eigenvalue weighted by Gasteiger charge is 2.61.